The maximum atomic E-state index is 10.9. The first-order valence-electron chi connectivity index (χ1n) is 5.91. The summed E-state index contributed by atoms with van der Waals surface area (Å²) < 4.78 is 5.47. The van der Waals surface area contributed by atoms with Crippen molar-refractivity contribution in [1.29, 1.82) is 10.5 Å². The molecule has 6 nitrogen and oxygen atoms in total. The number of nitro groups is 1. The van der Waals surface area contributed by atoms with Crippen molar-refractivity contribution >= 4 is 11.8 Å². The zero-order valence-corrected chi connectivity index (χ0v) is 11.2. The number of hydrogen-bond acceptors (Lipinski definition) is 5. The molecule has 0 spiro atoms. The fourth-order valence-corrected chi connectivity index (χ4v) is 1.41. The molecule has 0 fully saturated rings. The summed E-state index contributed by atoms with van der Waals surface area (Å²) in [5.74, 6) is 0.781. The molecule has 0 aliphatic rings. The van der Waals surface area contributed by atoms with Crippen LogP contribution in [0.2, 0.25) is 0 Å². The van der Waals surface area contributed by atoms with Crippen LogP contribution in [0.25, 0.3) is 6.08 Å². The first kappa shape index (κ1) is 15.2. The molecule has 0 aliphatic carbocycles. The maximum absolute atomic E-state index is 10.9. The highest BCUT2D eigenvalue weighted by Crippen LogP contribution is 2.26. The topological polar surface area (TPSA) is 99.9 Å². The number of allylic oxidation sites excluding steroid dienone is 1. The summed E-state index contributed by atoms with van der Waals surface area (Å²) in [6, 6.07) is 7.59. The zero-order valence-electron chi connectivity index (χ0n) is 11.2. The quantitative estimate of drug-likeness (QED) is 0.465. The monoisotopic (exact) mass is 271 g/mol. The van der Waals surface area contributed by atoms with Crippen LogP contribution in [0.3, 0.4) is 0 Å². The molecular weight excluding hydrogens is 258 g/mol. The van der Waals surface area contributed by atoms with Crippen LogP contribution in [0.15, 0.2) is 23.8 Å². The number of rotatable bonds is 5. The van der Waals surface area contributed by atoms with Crippen molar-refractivity contribution in [3.05, 3.63) is 39.4 Å². The zero-order chi connectivity index (χ0) is 15.1. The second-order valence-corrected chi connectivity index (χ2v) is 4.46. The van der Waals surface area contributed by atoms with E-state index in [4.69, 9.17) is 15.3 Å². The van der Waals surface area contributed by atoms with Crippen molar-refractivity contribution in [1.82, 2.24) is 0 Å². The molecule has 0 saturated carbocycles. The van der Waals surface area contributed by atoms with Gasteiger partial charge in [-0.15, -0.1) is 0 Å². The van der Waals surface area contributed by atoms with Gasteiger partial charge < -0.3 is 4.74 Å². The van der Waals surface area contributed by atoms with Crippen molar-refractivity contribution in [2.45, 2.75) is 13.8 Å². The molecule has 0 bridgehead atoms. The Labute approximate surface area is 116 Å². The highest BCUT2D eigenvalue weighted by molar-refractivity contribution is 5.69. The van der Waals surface area contributed by atoms with Crippen LogP contribution in [0.5, 0.6) is 5.75 Å². The van der Waals surface area contributed by atoms with Gasteiger partial charge >= 0.3 is 0 Å². The number of nitriles is 2. The molecule has 20 heavy (non-hydrogen) atoms. The normalized spacial score (nSPS) is 9.45. The minimum absolute atomic E-state index is 0.175. The van der Waals surface area contributed by atoms with E-state index in [1.807, 2.05) is 13.8 Å². The molecule has 1 rings (SSSR count). The lowest BCUT2D eigenvalue weighted by Crippen LogP contribution is -2.04. The molecule has 6 heteroatoms. The van der Waals surface area contributed by atoms with E-state index < -0.39 is 4.92 Å². The molecule has 0 radical (unpaired) electrons. The van der Waals surface area contributed by atoms with E-state index in [1.165, 1.54) is 24.3 Å². The molecule has 0 saturated heterocycles. The molecule has 0 amide bonds. The Balaban J connectivity index is 3.20. The first-order chi connectivity index (χ1) is 9.47. The van der Waals surface area contributed by atoms with E-state index in [9.17, 15) is 10.1 Å². The molecular formula is C14H13N3O3. The van der Waals surface area contributed by atoms with Crippen LogP contribution in [0.4, 0.5) is 5.69 Å². The Hall–Kier alpha value is -2.86. The van der Waals surface area contributed by atoms with Crippen molar-refractivity contribution in [2.24, 2.45) is 5.92 Å². The van der Waals surface area contributed by atoms with Gasteiger partial charge in [-0.3, -0.25) is 10.1 Å². The van der Waals surface area contributed by atoms with E-state index in [2.05, 4.69) is 0 Å². The highest BCUT2D eigenvalue weighted by Gasteiger charge is 2.14. The van der Waals surface area contributed by atoms with Crippen molar-refractivity contribution in [3.8, 4) is 17.9 Å². The third-order valence-corrected chi connectivity index (χ3v) is 2.32. The van der Waals surface area contributed by atoms with Gasteiger partial charge in [0.2, 0.25) is 0 Å². The van der Waals surface area contributed by atoms with E-state index in [1.54, 1.807) is 12.1 Å². The Morgan fingerprint density at radius 2 is 2.10 bits per heavy atom. The van der Waals surface area contributed by atoms with Crippen molar-refractivity contribution < 1.29 is 9.66 Å². The van der Waals surface area contributed by atoms with Crippen LogP contribution in [-0.4, -0.2) is 11.5 Å². The summed E-state index contributed by atoms with van der Waals surface area (Å²) in [7, 11) is 0. The largest absolute Gasteiger partial charge is 0.493 e. The third kappa shape index (κ3) is 4.11. The summed E-state index contributed by atoms with van der Waals surface area (Å²) in [6.45, 7) is 4.44. The second-order valence-electron chi connectivity index (χ2n) is 4.46. The third-order valence-electron chi connectivity index (χ3n) is 2.32. The summed E-state index contributed by atoms with van der Waals surface area (Å²) in [5, 5.41) is 28.4. The lowest BCUT2D eigenvalue weighted by atomic mass is 10.1. The minimum Gasteiger partial charge on any atom is -0.493 e. The predicted molar refractivity (Wildman–Crippen MR) is 72.6 cm³/mol. The van der Waals surface area contributed by atoms with Gasteiger partial charge in [-0.05, 0) is 24.1 Å². The number of benzene rings is 1. The molecule has 102 valence electrons. The van der Waals surface area contributed by atoms with Gasteiger partial charge in [0.1, 0.15) is 23.5 Å². The SMILES string of the molecule is CC(C)COc1ccc([N+](=O)[O-])c(C=C(C#N)C#N)c1. The molecule has 0 atom stereocenters. The lowest BCUT2D eigenvalue weighted by molar-refractivity contribution is -0.385. The molecule has 1 aromatic carbocycles. The van der Waals surface area contributed by atoms with E-state index >= 15 is 0 Å². The Kier molecular flexibility index (Phi) is 5.25. The maximum Gasteiger partial charge on any atom is 0.276 e. The van der Waals surface area contributed by atoms with Crippen LogP contribution < -0.4 is 4.74 Å². The molecule has 0 aromatic heterocycles. The van der Waals surface area contributed by atoms with Gasteiger partial charge in [0.25, 0.3) is 5.69 Å². The van der Waals surface area contributed by atoms with Gasteiger partial charge in [0, 0.05) is 6.07 Å². The fraction of sp³-hybridized carbons (Fsp3) is 0.286. The smallest absolute Gasteiger partial charge is 0.276 e. The van der Waals surface area contributed by atoms with E-state index in [0.717, 1.165) is 0 Å². The Morgan fingerprint density at radius 1 is 1.45 bits per heavy atom. The van der Waals surface area contributed by atoms with Crippen molar-refractivity contribution in [2.75, 3.05) is 6.61 Å². The summed E-state index contributed by atoms with van der Waals surface area (Å²) >= 11 is 0. The first-order valence-corrected chi connectivity index (χ1v) is 5.91. The summed E-state index contributed by atoms with van der Waals surface area (Å²) in [4.78, 5) is 10.4. The molecule has 0 aliphatic heterocycles. The molecule has 0 heterocycles. The number of nitro benzene ring substituents is 1. The molecule has 0 N–H and O–H groups in total. The standard InChI is InChI=1S/C14H13N3O3/c1-10(2)9-20-13-3-4-14(17(18)19)12(6-13)5-11(7-15)8-16/h3-6,10H,9H2,1-2H3. The van der Waals surface area contributed by atoms with Gasteiger partial charge in [-0.2, -0.15) is 10.5 Å². The van der Waals surface area contributed by atoms with Gasteiger partial charge in [-0.1, -0.05) is 13.8 Å². The number of nitrogens with zero attached hydrogens (tertiary/aromatic N) is 3. The fourth-order valence-electron chi connectivity index (χ4n) is 1.41. The molecule has 0 unspecified atom stereocenters. The van der Waals surface area contributed by atoms with Gasteiger partial charge in [0.15, 0.2) is 0 Å². The average Bonchev–Trinajstić information content (AvgIpc) is 2.42. The lowest BCUT2D eigenvalue weighted by Gasteiger charge is -2.09. The summed E-state index contributed by atoms with van der Waals surface area (Å²) in [6.07, 6.45) is 1.18. The van der Waals surface area contributed by atoms with Crippen LogP contribution >= 0.6 is 0 Å². The van der Waals surface area contributed by atoms with E-state index in [-0.39, 0.29) is 16.8 Å². The number of ether oxygens (including phenoxy) is 1. The minimum atomic E-state index is -0.565. The number of hydrogen-bond donors (Lipinski definition) is 0. The van der Waals surface area contributed by atoms with Gasteiger partial charge in [-0.25, -0.2) is 0 Å². The van der Waals surface area contributed by atoms with Crippen LogP contribution in [-0.2, 0) is 0 Å². The van der Waals surface area contributed by atoms with Crippen molar-refractivity contribution in [3.63, 3.8) is 0 Å². The summed E-state index contributed by atoms with van der Waals surface area (Å²) in [5.41, 5.74) is -0.201. The Morgan fingerprint density at radius 3 is 2.60 bits per heavy atom. The highest BCUT2D eigenvalue weighted by atomic mass is 16.6. The van der Waals surface area contributed by atoms with E-state index in [0.29, 0.717) is 18.3 Å². The van der Waals surface area contributed by atoms with Gasteiger partial charge in [0.05, 0.1) is 17.1 Å². The van der Waals surface area contributed by atoms with Crippen LogP contribution in [0, 0.1) is 38.7 Å². The average molecular weight is 271 g/mol. The predicted octanol–water partition coefficient (Wildman–Crippen LogP) is 3.06. The molecule has 1 aromatic rings. The second kappa shape index (κ2) is 6.91. The van der Waals surface area contributed by atoms with Crippen LogP contribution in [0.1, 0.15) is 19.4 Å². The Bertz CT molecular complexity index is 606.